The second kappa shape index (κ2) is 5.05. The van der Waals surface area contributed by atoms with Crippen molar-refractivity contribution in [2.24, 2.45) is 23.2 Å². The number of hydrogen-bond acceptors (Lipinski definition) is 2. The summed E-state index contributed by atoms with van der Waals surface area (Å²) in [5.74, 6) is -0.172. The monoisotopic (exact) mass is 343 g/mol. The molecule has 4 saturated carbocycles. The van der Waals surface area contributed by atoms with E-state index in [4.69, 9.17) is 0 Å². The Morgan fingerprint density at radius 3 is 2.28 bits per heavy atom. The van der Waals surface area contributed by atoms with Gasteiger partial charge in [0.05, 0.1) is 11.0 Å². The van der Waals surface area contributed by atoms with Crippen LogP contribution in [0, 0.1) is 29.0 Å². The highest BCUT2D eigenvalue weighted by atomic mass is 19.1. The third-order valence-electron chi connectivity index (χ3n) is 7.23. The van der Waals surface area contributed by atoms with Crippen molar-refractivity contribution < 1.29 is 19.1 Å². The van der Waals surface area contributed by atoms with Gasteiger partial charge in [0.2, 0.25) is 5.91 Å². The molecule has 1 saturated heterocycles. The molecule has 25 heavy (non-hydrogen) atoms. The van der Waals surface area contributed by atoms with E-state index in [-0.39, 0.29) is 28.7 Å². The SMILES string of the molecule is O=C(O)c1cccc(C2[C@@H]3CC[C@H]2CN(C(=O)C24CC(C2)C4)C3)c1F. The van der Waals surface area contributed by atoms with E-state index in [1.807, 2.05) is 4.90 Å². The predicted octanol–water partition coefficient (Wildman–Crippen LogP) is 3.28. The maximum Gasteiger partial charge on any atom is 0.338 e. The van der Waals surface area contributed by atoms with Gasteiger partial charge in [0, 0.05) is 13.1 Å². The van der Waals surface area contributed by atoms with E-state index in [1.54, 1.807) is 12.1 Å². The van der Waals surface area contributed by atoms with Crippen LogP contribution in [-0.2, 0) is 4.79 Å². The van der Waals surface area contributed by atoms with Crippen molar-refractivity contribution in [3.63, 3.8) is 0 Å². The highest BCUT2D eigenvalue weighted by Crippen LogP contribution is 2.65. The number of likely N-dealkylation sites (tertiary alicyclic amines) is 1. The quantitative estimate of drug-likeness (QED) is 0.916. The van der Waals surface area contributed by atoms with E-state index in [1.165, 1.54) is 6.07 Å². The number of halogens is 1. The number of piperidine rings is 1. The van der Waals surface area contributed by atoms with Gasteiger partial charge in [-0.1, -0.05) is 12.1 Å². The number of aromatic carboxylic acids is 1. The lowest BCUT2D eigenvalue weighted by Gasteiger charge is -2.61. The molecule has 1 heterocycles. The largest absolute Gasteiger partial charge is 0.478 e. The van der Waals surface area contributed by atoms with Crippen molar-refractivity contribution in [2.75, 3.05) is 13.1 Å². The van der Waals surface area contributed by atoms with E-state index >= 15 is 0 Å². The molecule has 3 atom stereocenters. The van der Waals surface area contributed by atoms with Gasteiger partial charge in [0.15, 0.2) is 0 Å². The Balaban J connectivity index is 1.40. The Labute approximate surface area is 146 Å². The van der Waals surface area contributed by atoms with Gasteiger partial charge in [0.1, 0.15) is 5.82 Å². The molecule has 4 bridgehead atoms. The van der Waals surface area contributed by atoms with Gasteiger partial charge in [-0.3, -0.25) is 4.79 Å². The Morgan fingerprint density at radius 2 is 1.76 bits per heavy atom. The lowest BCUT2D eigenvalue weighted by Crippen LogP contribution is -2.62. The van der Waals surface area contributed by atoms with Crippen LogP contribution in [0.5, 0.6) is 0 Å². The molecular weight excluding hydrogens is 321 g/mol. The number of carbonyl (C=O) groups excluding carboxylic acids is 1. The Kier molecular flexibility index (Phi) is 3.10. The molecule has 1 N–H and O–H groups in total. The Bertz CT molecular complexity index is 745. The van der Waals surface area contributed by atoms with Gasteiger partial charge in [-0.05, 0) is 67.4 Å². The maximum atomic E-state index is 14.7. The number of carboxylic acids is 1. The van der Waals surface area contributed by atoms with Crippen molar-refractivity contribution in [1.82, 2.24) is 4.90 Å². The van der Waals surface area contributed by atoms with Crippen LogP contribution in [0.2, 0.25) is 0 Å². The number of carbonyl (C=O) groups is 2. The number of amides is 1. The average Bonchev–Trinajstić information content (AvgIpc) is 2.74. The highest BCUT2D eigenvalue weighted by molar-refractivity contribution is 5.88. The van der Waals surface area contributed by atoms with E-state index in [0.717, 1.165) is 38.0 Å². The lowest BCUT2D eigenvalue weighted by atomic mass is 9.44. The molecule has 1 aromatic carbocycles. The summed E-state index contributed by atoms with van der Waals surface area (Å²) in [5.41, 5.74) is 0.236. The van der Waals surface area contributed by atoms with Crippen molar-refractivity contribution >= 4 is 11.9 Å². The van der Waals surface area contributed by atoms with E-state index in [0.29, 0.717) is 24.6 Å². The fraction of sp³-hybridized carbons (Fsp3) is 0.600. The molecule has 5 aliphatic rings. The molecule has 0 radical (unpaired) electrons. The van der Waals surface area contributed by atoms with Crippen molar-refractivity contribution in [3.05, 3.63) is 35.1 Å². The molecule has 132 valence electrons. The highest BCUT2D eigenvalue weighted by Gasteiger charge is 2.63. The van der Waals surface area contributed by atoms with Crippen molar-refractivity contribution in [3.8, 4) is 0 Å². The zero-order valence-electron chi connectivity index (χ0n) is 14.1. The van der Waals surface area contributed by atoms with Crippen LogP contribution < -0.4 is 0 Å². The predicted molar refractivity (Wildman–Crippen MR) is 88.7 cm³/mol. The Hall–Kier alpha value is -1.91. The summed E-state index contributed by atoms with van der Waals surface area (Å²) in [5, 5.41) is 9.19. The molecule has 1 amide bonds. The van der Waals surface area contributed by atoms with Crippen molar-refractivity contribution in [2.45, 2.75) is 38.0 Å². The summed E-state index contributed by atoms with van der Waals surface area (Å²) < 4.78 is 14.7. The standard InChI is InChI=1S/C20H22FNO3/c21-17-14(2-1-3-15(17)18(23)24)16-12-4-5-13(16)10-22(9-12)19(25)20-6-11(7-20)8-20/h1-3,11-13,16H,4-10H2,(H,23,24)/t11?,12-,13+,16?,20?. The summed E-state index contributed by atoms with van der Waals surface area (Å²) >= 11 is 0. The topological polar surface area (TPSA) is 57.6 Å². The van der Waals surface area contributed by atoms with Crippen LogP contribution in [0.3, 0.4) is 0 Å². The summed E-state index contributed by atoms with van der Waals surface area (Å²) in [6.07, 6.45) is 5.18. The van der Waals surface area contributed by atoms with Crippen LogP contribution in [0.4, 0.5) is 4.39 Å². The summed E-state index contributed by atoms with van der Waals surface area (Å²) in [7, 11) is 0. The van der Waals surface area contributed by atoms with Gasteiger partial charge in [0.25, 0.3) is 0 Å². The molecule has 5 heteroatoms. The minimum atomic E-state index is -1.22. The summed E-state index contributed by atoms with van der Waals surface area (Å²) in [6.45, 7) is 1.40. The van der Waals surface area contributed by atoms with Gasteiger partial charge in [-0.15, -0.1) is 0 Å². The molecule has 1 aliphatic heterocycles. The first-order valence-corrected chi connectivity index (χ1v) is 9.29. The molecule has 6 rings (SSSR count). The maximum absolute atomic E-state index is 14.7. The molecule has 0 aromatic heterocycles. The fourth-order valence-corrected chi connectivity index (χ4v) is 5.94. The smallest absolute Gasteiger partial charge is 0.338 e. The van der Waals surface area contributed by atoms with Crippen LogP contribution in [0.1, 0.15) is 53.9 Å². The van der Waals surface area contributed by atoms with E-state index < -0.39 is 11.8 Å². The van der Waals surface area contributed by atoms with Crippen LogP contribution in [0.15, 0.2) is 18.2 Å². The number of rotatable bonds is 3. The van der Waals surface area contributed by atoms with E-state index in [2.05, 4.69) is 0 Å². The molecular formula is C20H22FNO3. The third-order valence-corrected chi connectivity index (χ3v) is 7.23. The van der Waals surface area contributed by atoms with Gasteiger partial charge >= 0.3 is 5.97 Å². The van der Waals surface area contributed by atoms with Crippen LogP contribution in [-0.4, -0.2) is 35.0 Å². The van der Waals surface area contributed by atoms with Crippen LogP contribution >= 0.6 is 0 Å². The molecule has 1 aromatic rings. The molecule has 5 fully saturated rings. The summed E-state index contributed by atoms with van der Waals surface area (Å²) in [6, 6.07) is 4.70. The first kappa shape index (κ1) is 15.4. The Morgan fingerprint density at radius 1 is 1.12 bits per heavy atom. The first-order valence-electron chi connectivity index (χ1n) is 9.29. The van der Waals surface area contributed by atoms with Gasteiger partial charge < -0.3 is 10.0 Å². The minimum Gasteiger partial charge on any atom is -0.478 e. The number of hydrogen-bond donors (Lipinski definition) is 1. The molecule has 0 spiro atoms. The minimum absolute atomic E-state index is 0.0383. The van der Waals surface area contributed by atoms with Gasteiger partial charge in [-0.2, -0.15) is 0 Å². The second-order valence-corrected chi connectivity index (χ2v) is 8.61. The zero-order valence-corrected chi connectivity index (χ0v) is 14.1. The first-order chi connectivity index (χ1) is 12.0. The fourth-order valence-electron chi connectivity index (χ4n) is 5.94. The lowest BCUT2D eigenvalue weighted by molar-refractivity contribution is -0.179. The zero-order chi connectivity index (χ0) is 17.3. The van der Waals surface area contributed by atoms with Gasteiger partial charge in [-0.25, -0.2) is 9.18 Å². The van der Waals surface area contributed by atoms with Crippen LogP contribution in [0.25, 0.3) is 0 Å². The van der Waals surface area contributed by atoms with Crippen molar-refractivity contribution in [1.29, 1.82) is 0 Å². The second-order valence-electron chi connectivity index (χ2n) is 8.61. The number of benzene rings is 1. The number of nitrogens with zero attached hydrogens (tertiary/aromatic N) is 1. The average molecular weight is 343 g/mol. The normalized spacial score (nSPS) is 38.0. The molecule has 4 aliphatic carbocycles. The van der Waals surface area contributed by atoms with E-state index in [9.17, 15) is 19.1 Å². The number of fused-ring (bicyclic) bond motifs is 2. The number of carboxylic acid groups (broad SMARTS) is 1. The molecule has 4 nitrogen and oxygen atoms in total. The third kappa shape index (κ3) is 2.04. The summed E-state index contributed by atoms with van der Waals surface area (Å²) in [4.78, 5) is 26.2. The molecule has 1 unspecified atom stereocenters.